The molecule has 0 aliphatic carbocycles. The topological polar surface area (TPSA) is 73.2 Å². The molecule has 0 radical (unpaired) electrons. The van der Waals surface area contributed by atoms with Crippen molar-refractivity contribution >= 4 is 11.6 Å². The Kier molecular flexibility index (Phi) is 5.96. The van der Waals surface area contributed by atoms with Crippen LogP contribution >= 0.6 is 0 Å². The van der Waals surface area contributed by atoms with Gasteiger partial charge in [-0.2, -0.15) is 4.68 Å². The van der Waals surface area contributed by atoms with Crippen molar-refractivity contribution in [3.8, 4) is 11.6 Å². The Morgan fingerprint density at radius 1 is 1.07 bits per heavy atom. The van der Waals surface area contributed by atoms with Crippen LogP contribution in [0.4, 0.5) is 18.9 Å². The zero-order chi connectivity index (χ0) is 21.0. The van der Waals surface area contributed by atoms with Crippen LogP contribution in [0, 0.1) is 17.5 Å². The fraction of sp³-hybridized carbons (Fsp3) is 0.150. The molecule has 1 aromatic heterocycles. The van der Waals surface area contributed by atoms with E-state index in [1.807, 2.05) is 0 Å². The van der Waals surface area contributed by atoms with Crippen molar-refractivity contribution in [2.45, 2.75) is 19.4 Å². The van der Waals surface area contributed by atoms with Gasteiger partial charge in [-0.25, -0.2) is 13.2 Å². The van der Waals surface area contributed by atoms with Gasteiger partial charge in [0, 0.05) is 18.2 Å². The van der Waals surface area contributed by atoms with Crippen LogP contribution in [0.15, 0.2) is 59.4 Å². The Bertz CT molecular complexity index is 1080. The van der Waals surface area contributed by atoms with Crippen molar-refractivity contribution in [1.82, 2.24) is 9.78 Å². The maximum atomic E-state index is 13.7. The van der Waals surface area contributed by atoms with E-state index in [0.717, 1.165) is 22.9 Å². The van der Waals surface area contributed by atoms with Gasteiger partial charge >= 0.3 is 0 Å². The van der Waals surface area contributed by atoms with Gasteiger partial charge in [-0.05, 0) is 42.8 Å². The van der Waals surface area contributed by atoms with Gasteiger partial charge in [-0.1, -0.05) is 6.92 Å². The molecule has 0 saturated carbocycles. The number of carbonyl (C=O) groups excluding carboxylic acids is 1. The lowest BCUT2D eigenvalue weighted by atomic mass is 10.2. The Labute approximate surface area is 163 Å². The molecule has 1 atom stereocenters. The first-order chi connectivity index (χ1) is 13.9. The number of rotatable bonds is 6. The van der Waals surface area contributed by atoms with E-state index < -0.39 is 35.0 Å². The SMILES string of the molecule is CCC(Oc1ccc(=O)n(-c2ccc(F)cc2)n1)C(=O)Nc1cc(F)ccc1F. The zero-order valence-electron chi connectivity index (χ0n) is 15.2. The molecule has 3 rings (SSSR count). The molecule has 0 aliphatic heterocycles. The summed E-state index contributed by atoms with van der Waals surface area (Å²) in [6.07, 6.45) is -0.885. The molecule has 150 valence electrons. The fourth-order valence-corrected chi connectivity index (χ4v) is 2.50. The van der Waals surface area contributed by atoms with E-state index in [9.17, 15) is 22.8 Å². The number of anilines is 1. The van der Waals surface area contributed by atoms with Gasteiger partial charge in [0.2, 0.25) is 5.88 Å². The second-order valence-corrected chi connectivity index (χ2v) is 6.03. The number of carbonyl (C=O) groups is 1. The normalized spacial score (nSPS) is 11.7. The molecule has 0 bridgehead atoms. The lowest BCUT2D eigenvalue weighted by Crippen LogP contribution is -2.33. The Balaban J connectivity index is 1.81. The summed E-state index contributed by atoms with van der Waals surface area (Å²) in [6.45, 7) is 1.65. The molecule has 3 aromatic rings. The van der Waals surface area contributed by atoms with Crippen molar-refractivity contribution in [1.29, 1.82) is 0 Å². The zero-order valence-corrected chi connectivity index (χ0v) is 15.2. The van der Waals surface area contributed by atoms with E-state index in [2.05, 4.69) is 10.4 Å². The van der Waals surface area contributed by atoms with Crippen LogP contribution < -0.4 is 15.6 Å². The number of halogens is 3. The van der Waals surface area contributed by atoms with E-state index in [-0.39, 0.29) is 18.0 Å². The van der Waals surface area contributed by atoms with E-state index >= 15 is 0 Å². The quantitative estimate of drug-likeness (QED) is 0.684. The molecule has 1 amide bonds. The van der Waals surface area contributed by atoms with Crippen molar-refractivity contribution in [3.63, 3.8) is 0 Å². The summed E-state index contributed by atoms with van der Waals surface area (Å²) in [5, 5.41) is 6.30. The summed E-state index contributed by atoms with van der Waals surface area (Å²) in [6, 6.07) is 10.2. The van der Waals surface area contributed by atoms with Crippen molar-refractivity contribution in [2.75, 3.05) is 5.32 Å². The van der Waals surface area contributed by atoms with Gasteiger partial charge in [0.25, 0.3) is 11.5 Å². The monoisotopic (exact) mass is 403 g/mol. The van der Waals surface area contributed by atoms with Gasteiger partial charge in [-0.3, -0.25) is 9.59 Å². The minimum atomic E-state index is -1.08. The summed E-state index contributed by atoms with van der Waals surface area (Å²) in [4.78, 5) is 24.5. The number of benzene rings is 2. The highest BCUT2D eigenvalue weighted by Gasteiger charge is 2.21. The predicted molar refractivity (Wildman–Crippen MR) is 99.5 cm³/mol. The molecule has 0 aliphatic rings. The standard InChI is InChI=1S/C20H16F3N3O3/c1-2-17(20(28)24-16-11-13(22)5-8-15(16)23)29-18-9-10-19(27)26(25-18)14-6-3-12(21)4-7-14/h3-11,17H,2H2,1H3,(H,24,28). The molecule has 0 spiro atoms. The van der Waals surface area contributed by atoms with E-state index in [1.165, 1.54) is 36.4 Å². The summed E-state index contributed by atoms with van der Waals surface area (Å²) < 4.78 is 46.6. The Hall–Kier alpha value is -3.62. The molecule has 1 heterocycles. The molecule has 1 unspecified atom stereocenters. The average molecular weight is 403 g/mol. The molecular weight excluding hydrogens is 387 g/mol. The molecule has 2 aromatic carbocycles. The van der Waals surface area contributed by atoms with E-state index in [1.54, 1.807) is 6.92 Å². The Morgan fingerprint density at radius 2 is 1.76 bits per heavy atom. The highest BCUT2D eigenvalue weighted by molar-refractivity contribution is 5.94. The third-order valence-electron chi connectivity index (χ3n) is 3.96. The summed E-state index contributed by atoms with van der Waals surface area (Å²) in [5.41, 5.74) is -0.495. The molecule has 0 saturated heterocycles. The molecule has 6 nitrogen and oxygen atoms in total. The molecule has 1 N–H and O–H groups in total. The highest BCUT2D eigenvalue weighted by atomic mass is 19.1. The van der Waals surface area contributed by atoms with Gasteiger partial charge in [0.1, 0.15) is 17.5 Å². The van der Waals surface area contributed by atoms with Crippen LogP contribution in [0.1, 0.15) is 13.3 Å². The van der Waals surface area contributed by atoms with Crippen molar-refractivity contribution in [3.05, 3.63) is 82.4 Å². The number of amides is 1. The average Bonchev–Trinajstić information content (AvgIpc) is 2.70. The summed E-state index contributed by atoms with van der Waals surface area (Å²) in [7, 11) is 0. The summed E-state index contributed by atoms with van der Waals surface area (Å²) >= 11 is 0. The highest BCUT2D eigenvalue weighted by Crippen LogP contribution is 2.17. The van der Waals surface area contributed by atoms with Crippen molar-refractivity contribution in [2.24, 2.45) is 0 Å². The third-order valence-corrected chi connectivity index (χ3v) is 3.96. The second kappa shape index (κ2) is 8.59. The number of ether oxygens (including phenoxy) is 1. The van der Waals surface area contributed by atoms with Crippen LogP contribution in [-0.4, -0.2) is 21.8 Å². The van der Waals surface area contributed by atoms with Crippen LogP contribution in [0.25, 0.3) is 5.69 Å². The Morgan fingerprint density at radius 3 is 2.45 bits per heavy atom. The van der Waals surface area contributed by atoms with Gasteiger partial charge in [0.15, 0.2) is 6.10 Å². The number of aromatic nitrogens is 2. The van der Waals surface area contributed by atoms with Gasteiger partial charge in [-0.15, -0.1) is 5.10 Å². The van der Waals surface area contributed by atoms with E-state index in [4.69, 9.17) is 4.74 Å². The van der Waals surface area contributed by atoms with Crippen LogP contribution in [0.2, 0.25) is 0 Å². The summed E-state index contributed by atoms with van der Waals surface area (Å²) in [5.74, 6) is -2.73. The largest absolute Gasteiger partial charge is 0.463 e. The van der Waals surface area contributed by atoms with Gasteiger partial charge < -0.3 is 10.1 Å². The maximum Gasteiger partial charge on any atom is 0.271 e. The number of nitrogens with zero attached hydrogens (tertiary/aromatic N) is 2. The lowest BCUT2D eigenvalue weighted by molar-refractivity contribution is -0.123. The second-order valence-electron chi connectivity index (χ2n) is 6.03. The van der Waals surface area contributed by atoms with Crippen LogP contribution in [0.5, 0.6) is 5.88 Å². The molecule has 0 fully saturated rings. The van der Waals surface area contributed by atoms with Gasteiger partial charge in [0.05, 0.1) is 11.4 Å². The molecular formula is C20H16F3N3O3. The third kappa shape index (κ3) is 4.81. The number of hydrogen-bond donors (Lipinski definition) is 1. The molecule has 9 heteroatoms. The van der Waals surface area contributed by atoms with Crippen LogP contribution in [-0.2, 0) is 4.79 Å². The smallest absolute Gasteiger partial charge is 0.271 e. The van der Waals surface area contributed by atoms with Crippen molar-refractivity contribution < 1.29 is 22.7 Å². The minimum absolute atomic E-state index is 0.0457. The first kappa shape index (κ1) is 20.1. The number of nitrogens with one attached hydrogen (secondary N) is 1. The number of hydrogen-bond acceptors (Lipinski definition) is 4. The minimum Gasteiger partial charge on any atom is -0.463 e. The first-order valence-electron chi connectivity index (χ1n) is 8.66. The lowest BCUT2D eigenvalue weighted by Gasteiger charge is -2.17. The predicted octanol–water partition coefficient (Wildman–Crippen LogP) is 3.45. The molecule has 29 heavy (non-hydrogen) atoms. The van der Waals surface area contributed by atoms with Crippen LogP contribution in [0.3, 0.4) is 0 Å². The first-order valence-corrected chi connectivity index (χ1v) is 8.66. The maximum absolute atomic E-state index is 13.7. The fourth-order valence-electron chi connectivity index (χ4n) is 2.50. The van der Waals surface area contributed by atoms with E-state index in [0.29, 0.717) is 5.69 Å².